The topological polar surface area (TPSA) is 151 Å². The number of carbonyl (C=O) groups excluding carboxylic acids is 2. The molecule has 0 bridgehead atoms. The molecule has 0 aromatic heterocycles. The van der Waals surface area contributed by atoms with E-state index in [-0.39, 0.29) is 10.8 Å². The molecule has 3 atom stereocenters. The number of hydrogen-bond donors (Lipinski definition) is 4. The molecule has 10 nitrogen and oxygen atoms in total. The number of halogens is 2. The van der Waals surface area contributed by atoms with Crippen LogP contribution in [0.2, 0.25) is 0 Å². The monoisotopic (exact) mass is 688 g/mol. The van der Waals surface area contributed by atoms with Crippen molar-refractivity contribution in [2.24, 2.45) is 5.92 Å². The fourth-order valence-electron chi connectivity index (χ4n) is 5.84. The standard InChI is InChI=1S/C35H46F2N4O6S/c1-22(2)31(14-8-13-29(21-42)41(23(3)4)48(45,46)30-17-15-28(38)16-18-30)39-34(43)33(40-35(44)47-5)32(24-9-6-11-26(36)19-24)25-10-7-12-27(37)20-25/h6-7,9-12,15-20,22-23,29,31-33,42H,8,13-14,21,38H2,1-5H3,(H,39,43)(H,40,44)/t29-,31+,33-/m0/s1. The third kappa shape index (κ3) is 9.97. The van der Waals surface area contributed by atoms with Crippen LogP contribution in [-0.4, -0.2) is 67.7 Å². The van der Waals surface area contributed by atoms with Crippen molar-refractivity contribution in [2.75, 3.05) is 19.5 Å². The number of anilines is 1. The van der Waals surface area contributed by atoms with Crippen LogP contribution in [0.25, 0.3) is 0 Å². The van der Waals surface area contributed by atoms with Gasteiger partial charge in [0.2, 0.25) is 15.9 Å². The Hall–Kier alpha value is -4.07. The number of aliphatic hydroxyl groups excluding tert-OH is 1. The maximum atomic E-state index is 14.4. The number of nitrogen functional groups attached to an aromatic ring is 1. The lowest BCUT2D eigenvalue weighted by Crippen LogP contribution is -2.53. The third-order valence-corrected chi connectivity index (χ3v) is 10.4. The number of alkyl carbamates (subject to hydrolysis) is 1. The fourth-order valence-corrected chi connectivity index (χ4v) is 7.68. The van der Waals surface area contributed by atoms with E-state index in [1.165, 1.54) is 65.0 Å². The van der Waals surface area contributed by atoms with Gasteiger partial charge in [-0.15, -0.1) is 0 Å². The summed E-state index contributed by atoms with van der Waals surface area (Å²) >= 11 is 0. The molecule has 0 aliphatic carbocycles. The summed E-state index contributed by atoms with van der Waals surface area (Å²) in [6.45, 7) is 6.85. The molecule has 3 rings (SSSR count). The smallest absolute Gasteiger partial charge is 0.407 e. The molecule has 48 heavy (non-hydrogen) atoms. The van der Waals surface area contributed by atoms with Crippen molar-refractivity contribution in [1.29, 1.82) is 0 Å². The van der Waals surface area contributed by atoms with Crippen LogP contribution in [0.3, 0.4) is 0 Å². The van der Waals surface area contributed by atoms with Crippen molar-refractivity contribution in [2.45, 2.75) is 81.9 Å². The number of hydrogen-bond acceptors (Lipinski definition) is 7. The van der Waals surface area contributed by atoms with Gasteiger partial charge in [-0.1, -0.05) is 38.1 Å². The number of sulfonamides is 1. The molecule has 0 spiro atoms. The summed E-state index contributed by atoms with van der Waals surface area (Å²) < 4.78 is 62.1. The molecule has 0 unspecified atom stereocenters. The summed E-state index contributed by atoms with van der Waals surface area (Å²) in [4.78, 5) is 26.6. The highest BCUT2D eigenvalue weighted by molar-refractivity contribution is 7.89. The molecule has 5 N–H and O–H groups in total. The van der Waals surface area contributed by atoms with Gasteiger partial charge in [-0.3, -0.25) is 4.79 Å². The van der Waals surface area contributed by atoms with Gasteiger partial charge < -0.3 is 26.2 Å². The van der Waals surface area contributed by atoms with Crippen molar-refractivity contribution in [3.8, 4) is 0 Å². The Morgan fingerprint density at radius 1 is 0.896 bits per heavy atom. The minimum atomic E-state index is -3.97. The SMILES string of the molecule is COC(=O)N[C@H](C(=O)N[C@H](CCC[C@@H](CO)N(C(C)C)S(=O)(=O)c1ccc(N)cc1)C(C)C)C(c1cccc(F)c1)c1cccc(F)c1. The van der Waals surface area contributed by atoms with E-state index in [1.807, 2.05) is 13.8 Å². The zero-order valence-corrected chi connectivity index (χ0v) is 28.7. The highest BCUT2D eigenvalue weighted by Crippen LogP contribution is 2.31. The summed E-state index contributed by atoms with van der Waals surface area (Å²) in [6.07, 6.45) is 0.224. The average Bonchev–Trinajstić information content (AvgIpc) is 3.03. The van der Waals surface area contributed by atoms with E-state index < -0.39 is 70.4 Å². The van der Waals surface area contributed by atoms with Crippen molar-refractivity contribution in [3.05, 3.63) is 95.6 Å². The third-order valence-electron chi connectivity index (χ3n) is 8.21. The van der Waals surface area contributed by atoms with E-state index in [2.05, 4.69) is 10.6 Å². The zero-order valence-electron chi connectivity index (χ0n) is 27.9. The van der Waals surface area contributed by atoms with Crippen LogP contribution in [0.15, 0.2) is 77.7 Å². The molecule has 13 heteroatoms. The lowest BCUT2D eigenvalue weighted by atomic mass is 9.84. The second-order valence-electron chi connectivity index (χ2n) is 12.3. The lowest BCUT2D eigenvalue weighted by molar-refractivity contribution is -0.124. The number of amides is 2. The Kier molecular flexibility index (Phi) is 13.9. The first-order valence-electron chi connectivity index (χ1n) is 15.8. The quantitative estimate of drug-likeness (QED) is 0.152. The molecule has 0 saturated carbocycles. The maximum Gasteiger partial charge on any atom is 0.407 e. The Morgan fingerprint density at radius 2 is 1.46 bits per heavy atom. The van der Waals surface area contributed by atoms with Crippen LogP contribution in [0, 0.1) is 17.6 Å². The molecule has 0 saturated heterocycles. The number of rotatable bonds is 16. The first-order valence-corrected chi connectivity index (χ1v) is 17.3. The molecule has 262 valence electrons. The first kappa shape index (κ1) is 38.4. The number of nitrogens with zero attached hydrogens (tertiary/aromatic N) is 1. The molecular weight excluding hydrogens is 642 g/mol. The summed E-state index contributed by atoms with van der Waals surface area (Å²) in [5.41, 5.74) is 6.84. The number of ether oxygens (including phenoxy) is 1. The van der Waals surface area contributed by atoms with E-state index in [1.54, 1.807) is 26.0 Å². The molecule has 0 fully saturated rings. The van der Waals surface area contributed by atoms with Gasteiger partial charge in [0.05, 0.1) is 18.6 Å². The van der Waals surface area contributed by atoms with E-state index in [9.17, 15) is 31.9 Å². The largest absolute Gasteiger partial charge is 0.453 e. The van der Waals surface area contributed by atoms with Crippen LogP contribution in [-0.2, 0) is 19.6 Å². The second kappa shape index (κ2) is 17.4. The van der Waals surface area contributed by atoms with Crippen molar-refractivity contribution >= 4 is 27.7 Å². The number of carbonyl (C=O) groups is 2. The number of methoxy groups -OCH3 is 1. The Morgan fingerprint density at radius 3 is 1.92 bits per heavy atom. The zero-order chi connectivity index (χ0) is 35.6. The van der Waals surface area contributed by atoms with Crippen molar-refractivity contribution in [3.63, 3.8) is 0 Å². The van der Waals surface area contributed by atoms with Crippen molar-refractivity contribution in [1.82, 2.24) is 14.9 Å². The molecule has 0 radical (unpaired) electrons. The van der Waals surface area contributed by atoms with Crippen LogP contribution in [0.4, 0.5) is 19.3 Å². The van der Waals surface area contributed by atoms with Crippen LogP contribution < -0.4 is 16.4 Å². The van der Waals surface area contributed by atoms with Crippen molar-refractivity contribution < 1.29 is 36.6 Å². The van der Waals surface area contributed by atoms with E-state index in [0.717, 1.165) is 7.11 Å². The van der Waals surface area contributed by atoms with E-state index in [0.29, 0.717) is 36.1 Å². The average molecular weight is 689 g/mol. The molecule has 0 heterocycles. The fraction of sp³-hybridized carbons (Fsp3) is 0.429. The van der Waals surface area contributed by atoms with Crippen LogP contribution >= 0.6 is 0 Å². The van der Waals surface area contributed by atoms with E-state index >= 15 is 0 Å². The first-order chi connectivity index (χ1) is 22.7. The number of nitrogens with two attached hydrogens (primary N) is 1. The molecule has 3 aromatic carbocycles. The summed E-state index contributed by atoms with van der Waals surface area (Å²) in [7, 11) is -2.82. The lowest BCUT2D eigenvalue weighted by Gasteiger charge is -2.34. The maximum absolute atomic E-state index is 14.4. The van der Waals surface area contributed by atoms with Crippen LogP contribution in [0.1, 0.15) is 64.0 Å². The number of benzene rings is 3. The van der Waals surface area contributed by atoms with Crippen LogP contribution in [0.5, 0.6) is 0 Å². The van der Waals surface area contributed by atoms with Gasteiger partial charge >= 0.3 is 6.09 Å². The van der Waals surface area contributed by atoms with Gasteiger partial charge in [0.15, 0.2) is 0 Å². The summed E-state index contributed by atoms with van der Waals surface area (Å²) in [6, 6.07) is 13.9. The molecule has 2 amide bonds. The minimum Gasteiger partial charge on any atom is -0.453 e. The second-order valence-corrected chi connectivity index (χ2v) is 14.2. The predicted molar refractivity (Wildman–Crippen MR) is 180 cm³/mol. The molecule has 0 aliphatic rings. The van der Waals surface area contributed by atoms with Gasteiger partial charge in [0, 0.05) is 29.7 Å². The Bertz CT molecular complexity index is 1580. The summed E-state index contributed by atoms with van der Waals surface area (Å²) in [5.74, 6) is -2.83. The predicted octanol–water partition coefficient (Wildman–Crippen LogP) is 5.17. The molecule has 0 aliphatic heterocycles. The normalized spacial score (nSPS) is 13.8. The highest BCUT2D eigenvalue weighted by atomic mass is 32.2. The van der Waals surface area contributed by atoms with Gasteiger partial charge in [0.1, 0.15) is 17.7 Å². The Balaban J connectivity index is 1.86. The van der Waals surface area contributed by atoms with E-state index in [4.69, 9.17) is 10.5 Å². The number of aliphatic hydroxyl groups is 1. The number of nitrogens with one attached hydrogen (secondary N) is 2. The van der Waals surface area contributed by atoms with Gasteiger partial charge in [-0.05, 0) is 98.7 Å². The highest BCUT2D eigenvalue weighted by Gasteiger charge is 2.36. The Labute approximate surface area is 281 Å². The van der Waals surface area contributed by atoms with Gasteiger partial charge in [-0.25, -0.2) is 22.0 Å². The van der Waals surface area contributed by atoms with Gasteiger partial charge in [-0.2, -0.15) is 4.31 Å². The molecular formula is C35H46F2N4O6S. The van der Waals surface area contributed by atoms with Gasteiger partial charge in [0.25, 0.3) is 0 Å². The summed E-state index contributed by atoms with van der Waals surface area (Å²) in [5, 5.41) is 15.9. The molecule has 3 aromatic rings. The minimum absolute atomic E-state index is 0.0615.